The van der Waals surface area contributed by atoms with Crippen LogP contribution < -0.4 is 5.73 Å². The van der Waals surface area contributed by atoms with Crippen molar-refractivity contribution in [3.05, 3.63) is 29.8 Å². The maximum atomic E-state index is 11.9. The van der Waals surface area contributed by atoms with Crippen molar-refractivity contribution in [2.45, 2.75) is 38.7 Å². The minimum atomic E-state index is -1.12. The Morgan fingerprint density at radius 3 is 2.63 bits per heavy atom. The molecule has 0 spiro atoms. The lowest BCUT2D eigenvalue weighted by Gasteiger charge is -2.17. The van der Waals surface area contributed by atoms with Crippen molar-refractivity contribution in [3.8, 4) is 0 Å². The zero-order valence-electron chi connectivity index (χ0n) is 11.1. The number of nitrogens with two attached hydrogens (primary N) is 1. The van der Waals surface area contributed by atoms with Gasteiger partial charge in [-0.15, -0.1) is 0 Å². The predicted molar refractivity (Wildman–Crippen MR) is 71.7 cm³/mol. The lowest BCUT2D eigenvalue weighted by atomic mass is 10.0. The molecule has 5 heteroatoms. The van der Waals surface area contributed by atoms with Crippen molar-refractivity contribution in [3.63, 3.8) is 0 Å². The van der Waals surface area contributed by atoms with Crippen LogP contribution >= 0.6 is 0 Å². The molecule has 1 rings (SSSR count). The van der Waals surface area contributed by atoms with E-state index in [9.17, 15) is 9.59 Å². The van der Waals surface area contributed by atoms with Crippen LogP contribution in [0.4, 0.5) is 5.69 Å². The van der Waals surface area contributed by atoms with Gasteiger partial charge in [0, 0.05) is 5.69 Å². The Morgan fingerprint density at radius 2 is 2.11 bits per heavy atom. The highest BCUT2D eigenvalue weighted by Gasteiger charge is 2.25. The number of hydrogen-bond acceptors (Lipinski definition) is 4. The fourth-order valence-corrected chi connectivity index (χ4v) is 1.70. The summed E-state index contributed by atoms with van der Waals surface area (Å²) in [7, 11) is 0. The quantitative estimate of drug-likeness (QED) is 0.607. The number of ether oxygens (including phenoxy) is 1. The molecule has 0 aliphatic rings. The summed E-state index contributed by atoms with van der Waals surface area (Å²) in [6.07, 6.45) is -0.136. The van der Waals surface area contributed by atoms with E-state index in [1.807, 2.05) is 6.92 Å². The van der Waals surface area contributed by atoms with Gasteiger partial charge in [0.05, 0.1) is 5.92 Å². The van der Waals surface area contributed by atoms with Crippen molar-refractivity contribution in [1.29, 1.82) is 0 Å². The summed E-state index contributed by atoms with van der Waals surface area (Å²) in [4.78, 5) is 22.9. The van der Waals surface area contributed by atoms with E-state index in [4.69, 9.17) is 15.6 Å². The number of carbonyl (C=O) groups is 2. The van der Waals surface area contributed by atoms with Gasteiger partial charge in [0.15, 0.2) is 6.10 Å². The molecule has 1 aromatic rings. The molecule has 0 aromatic heterocycles. The molecule has 2 atom stereocenters. The lowest BCUT2D eigenvalue weighted by Crippen LogP contribution is -2.28. The first-order valence-corrected chi connectivity index (χ1v) is 6.24. The summed E-state index contributed by atoms with van der Waals surface area (Å²) < 4.78 is 5.03. The van der Waals surface area contributed by atoms with Gasteiger partial charge in [-0.1, -0.05) is 25.5 Å². The number of carboxylic acids is 1. The largest absolute Gasteiger partial charge is 0.479 e. The molecule has 5 nitrogen and oxygen atoms in total. The molecule has 0 fully saturated rings. The van der Waals surface area contributed by atoms with E-state index in [2.05, 4.69) is 0 Å². The topological polar surface area (TPSA) is 89.6 Å². The minimum Gasteiger partial charge on any atom is -0.479 e. The van der Waals surface area contributed by atoms with Gasteiger partial charge < -0.3 is 15.6 Å². The Hall–Kier alpha value is -2.04. The third-order valence-corrected chi connectivity index (χ3v) is 2.85. The first-order valence-electron chi connectivity index (χ1n) is 6.24. The molecular formula is C14H19NO4. The monoisotopic (exact) mass is 265 g/mol. The van der Waals surface area contributed by atoms with Crippen LogP contribution in [0.5, 0.6) is 0 Å². The van der Waals surface area contributed by atoms with Crippen molar-refractivity contribution in [1.82, 2.24) is 0 Å². The van der Waals surface area contributed by atoms with Crippen LogP contribution in [0.2, 0.25) is 0 Å². The number of anilines is 1. The molecular weight excluding hydrogens is 246 g/mol. The molecule has 0 saturated heterocycles. The van der Waals surface area contributed by atoms with Crippen LogP contribution in [0.3, 0.4) is 0 Å². The van der Waals surface area contributed by atoms with E-state index in [1.165, 1.54) is 0 Å². The van der Waals surface area contributed by atoms with E-state index in [1.54, 1.807) is 31.2 Å². The molecule has 0 heterocycles. The molecule has 0 amide bonds. The Bertz CT molecular complexity index is 459. The smallest absolute Gasteiger partial charge is 0.345 e. The fraction of sp³-hybridized carbons (Fsp3) is 0.429. The molecule has 0 aliphatic heterocycles. The summed E-state index contributed by atoms with van der Waals surface area (Å²) in [5.41, 5.74) is 6.92. The second kappa shape index (κ2) is 6.78. The van der Waals surface area contributed by atoms with Crippen molar-refractivity contribution >= 4 is 17.6 Å². The highest BCUT2D eigenvalue weighted by Crippen LogP contribution is 2.20. The van der Waals surface area contributed by atoms with Gasteiger partial charge in [0.25, 0.3) is 0 Å². The van der Waals surface area contributed by atoms with E-state index in [-0.39, 0.29) is 0 Å². The van der Waals surface area contributed by atoms with Crippen LogP contribution in [0, 0.1) is 0 Å². The summed E-state index contributed by atoms with van der Waals surface area (Å²) in [6.45, 7) is 3.51. The molecule has 2 unspecified atom stereocenters. The van der Waals surface area contributed by atoms with Crippen LogP contribution in [0.1, 0.15) is 38.2 Å². The number of carboxylic acid groups (broad SMARTS) is 1. The SMILES string of the molecule is CCCC(OC(=O)C(C)c1cccc(N)c1)C(=O)O. The van der Waals surface area contributed by atoms with Gasteiger partial charge in [-0.2, -0.15) is 0 Å². The van der Waals surface area contributed by atoms with E-state index < -0.39 is 24.0 Å². The average Bonchev–Trinajstić information content (AvgIpc) is 2.37. The molecule has 19 heavy (non-hydrogen) atoms. The molecule has 104 valence electrons. The Kier molecular flexibility index (Phi) is 5.36. The fourth-order valence-electron chi connectivity index (χ4n) is 1.70. The average molecular weight is 265 g/mol. The number of nitrogen functional groups attached to an aromatic ring is 1. The summed E-state index contributed by atoms with van der Waals surface area (Å²) in [6, 6.07) is 6.91. The second-order valence-electron chi connectivity index (χ2n) is 4.44. The number of rotatable bonds is 6. The Morgan fingerprint density at radius 1 is 1.42 bits per heavy atom. The molecule has 0 aliphatic carbocycles. The normalized spacial score (nSPS) is 13.6. The van der Waals surface area contributed by atoms with Gasteiger partial charge >= 0.3 is 11.9 Å². The maximum absolute atomic E-state index is 11.9. The zero-order valence-corrected chi connectivity index (χ0v) is 11.1. The summed E-state index contributed by atoms with van der Waals surface area (Å²) >= 11 is 0. The molecule has 3 N–H and O–H groups in total. The van der Waals surface area contributed by atoms with Crippen LogP contribution in [0.25, 0.3) is 0 Å². The summed E-state index contributed by atoms with van der Waals surface area (Å²) in [5.74, 6) is -2.20. The number of esters is 1. The number of carbonyl (C=O) groups excluding carboxylic acids is 1. The molecule has 1 aromatic carbocycles. The number of aliphatic carboxylic acids is 1. The van der Waals surface area contributed by atoms with E-state index >= 15 is 0 Å². The van der Waals surface area contributed by atoms with E-state index in [0.29, 0.717) is 24.1 Å². The standard InChI is InChI=1S/C14H19NO4/c1-3-5-12(13(16)17)19-14(18)9(2)10-6-4-7-11(15)8-10/h4,6-9,12H,3,5,15H2,1-2H3,(H,16,17). The first-order chi connectivity index (χ1) is 8.95. The first kappa shape index (κ1) is 15.0. The number of benzene rings is 1. The minimum absolute atomic E-state index is 0.310. The van der Waals surface area contributed by atoms with Crippen LogP contribution in [-0.4, -0.2) is 23.1 Å². The van der Waals surface area contributed by atoms with E-state index in [0.717, 1.165) is 0 Å². The Labute approximate surface area is 112 Å². The van der Waals surface area contributed by atoms with Gasteiger partial charge in [-0.3, -0.25) is 4.79 Å². The molecule has 0 bridgehead atoms. The third-order valence-electron chi connectivity index (χ3n) is 2.85. The van der Waals surface area contributed by atoms with Crippen molar-refractivity contribution in [2.24, 2.45) is 0 Å². The molecule has 0 radical (unpaired) electrons. The lowest BCUT2D eigenvalue weighted by molar-refractivity contribution is -0.165. The predicted octanol–water partition coefficient (Wildman–Crippen LogP) is 2.17. The van der Waals surface area contributed by atoms with Gasteiger partial charge in [0.2, 0.25) is 0 Å². The third kappa shape index (κ3) is 4.28. The highest BCUT2D eigenvalue weighted by molar-refractivity contribution is 5.82. The van der Waals surface area contributed by atoms with Crippen molar-refractivity contribution < 1.29 is 19.4 Å². The Balaban J connectivity index is 2.74. The molecule has 0 saturated carbocycles. The van der Waals surface area contributed by atoms with Crippen LogP contribution in [0.15, 0.2) is 24.3 Å². The van der Waals surface area contributed by atoms with Gasteiger partial charge in [0.1, 0.15) is 0 Å². The van der Waals surface area contributed by atoms with Gasteiger partial charge in [-0.25, -0.2) is 4.79 Å². The number of hydrogen-bond donors (Lipinski definition) is 2. The van der Waals surface area contributed by atoms with Crippen LogP contribution in [-0.2, 0) is 14.3 Å². The van der Waals surface area contributed by atoms with Crippen molar-refractivity contribution in [2.75, 3.05) is 5.73 Å². The van der Waals surface area contributed by atoms with Gasteiger partial charge in [-0.05, 0) is 31.0 Å². The zero-order chi connectivity index (χ0) is 14.4. The second-order valence-corrected chi connectivity index (χ2v) is 4.44. The maximum Gasteiger partial charge on any atom is 0.345 e. The summed E-state index contributed by atoms with van der Waals surface area (Å²) in [5, 5.41) is 8.95. The highest BCUT2D eigenvalue weighted by atomic mass is 16.6.